The van der Waals surface area contributed by atoms with E-state index in [0.29, 0.717) is 41.4 Å². The van der Waals surface area contributed by atoms with E-state index in [2.05, 4.69) is 9.88 Å². The highest BCUT2D eigenvalue weighted by Crippen LogP contribution is 2.21. The monoisotopic (exact) mass is 375 g/mol. The van der Waals surface area contributed by atoms with E-state index >= 15 is 0 Å². The summed E-state index contributed by atoms with van der Waals surface area (Å²) < 4.78 is 34.0. The molecule has 0 amide bonds. The number of methoxy groups -OCH3 is 1. The largest absolute Gasteiger partial charge is 0.497 e. The Morgan fingerprint density at radius 3 is 2.42 bits per heavy atom. The first-order chi connectivity index (χ1) is 12.5. The van der Waals surface area contributed by atoms with Crippen LogP contribution in [-0.2, 0) is 10.2 Å². The van der Waals surface area contributed by atoms with Gasteiger partial charge in [0.25, 0.3) is 0 Å². The van der Waals surface area contributed by atoms with Gasteiger partial charge in [-0.3, -0.25) is 4.72 Å². The molecule has 2 aromatic carbocycles. The van der Waals surface area contributed by atoms with Gasteiger partial charge in [-0.25, -0.2) is 0 Å². The number of anilines is 1. The summed E-state index contributed by atoms with van der Waals surface area (Å²) in [6.07, 6.45) is 1.75. The Labute approximate surface area is 153 Å². The highest BCUT2D eigenvalue weighted by atomic mass is 32.2. The first-order valence-electron chi connectivity index (χ1n) is 8.28. The first-order valence-corrected chi connectivity index (χ1v) is 9.72. The number of hydrogen-bond donors (Lipinski definition) is 2. The smallest absolute Gasteiger partial charge is 0.301 e. The number of nitrogens with one attached hydrogen (secondary N) is 1. The van der Waals surface area contributed by atoms with Crippen LogP contribution in [0.5, 0.6) is 5.75 Å². The summed E-state index contributed by atoms with van der Waals surface area (Å²) in [5.41, 5.74) is 2.05. The number of oxime groups is 1. The van der Waals surface area contributed by atoms with Crippen molar-refractivity contribution in [3.63, 3.8) is 0 Å². The van der Waals surface area contributed by atoms with E-state index < -0.39 is 10.2 Å². The molecule has 7 nitrogen and oxygen atoms in total. The predicted octanol–water partition coefficient (Wildman–Crippen LogP) is 2.67. The zero-order valence-corrected chi connectivity index (χ0v) is 15.2. The molecule has 138 valence electrons. The molecule has 0 bridgehead atoms. The standard InChI is InChI=1S/C18H21N3O4S/c1-25-17-9-7-14(8-10-17)18(19-22)15-5-4-6-16(13-15)20-26(23,24)21-11-2-3-12-21/h4-10,13,20,22H,2-3,11-12H2,1H3/b19-18+. The molecule has 0 unspecified atom stereocenters. The van der Waals surface area contributed by atoms with E-state index in [9.17, 15) is 13.6 Å². The van der Waals surface area contributed by atoms with Gasteiger partial charge in [0.15, 0.2) is 0 Å². The van der Waals surface area contributed by atoms with Gasteiger partial charge in [0.1, 0.15) is 11.5 Å². The van der Waals surface area contributed by atoms with Crippen molar-refractivity contribution in [2.24, 2.45) is 5.16 Å². The molecule has 0 saturated carbocycles. The Bertz CT molecular complexity index is 889. The second-order valence-corrected chi connectivity index (χ2v) is 7.64. The van der Waals surface area contributed by atoms with Gasteiger partial charge in [-0.15, -0.1) is 0 Å². The molecule has 26 heavy (non-hydrogen) atoms. The topological polar surface area (TPSA) is 91.2 Å². The van der Waals surface area contributed by atoms with Crippen LogP contribution >= 0.6 is 0 Å². The summed E-state index contributed by atoms with van der Waals surface area (Å²) in [5.74, 6) is 0.693. The van der Waals surface area contributed by atoms with Crippen LogP contribution in [0.25, 0.3) is 0 Å². The van der Waals surface area contributed by atoms with Gasteiger partial charge in [0, 0.05) is 24.2 Å². The lowest BCUT2D eigenvalue weighted by atomic mass is 10.0. The Hall–Kier alpha value is -2.58. The number of nitrogens with zero attached hydrogens (tertiary/aromatic N) is 2. The van der Waals surface area contributed by atoms with Crippen molar-refractivity contribution in [1.29, 1.82) is 0 Å². The second kappa shape index (κ2) is 7.76. The minimum absolute atomic E-state index is 0.342. The van der Waals surface area contributed by atoms with Crippen LogP contribution < -0.4 is 9.46 Å². The number of hydrogen-bond acceptors (Lipinski definition) is 5. The molecular weight excluding hydrogens is 354 g/mol. The third-order valence-electron chi connectivity index (χ3n) is 4.25. The van der Waals surface area contributed by atoms with Crippen LogP contribution in [0.3, 0.4) is 0 Å². The molecule has 0 atom stereocenters. The fourth-order valence-electron chi connectivity index (χ4n) is 2.90. The van der Waals surface area contributed by atoms with E-state index in [1.807, 2.05) is 0 Å². The quantitative estimate of drug-likeness (QED) is 0.461. The summed E-state index contributed by atoms with van der Waals surface area (Å²) in [4.78, 5) is 0. The lowest BCUT2D eigenvalue weighted by Crippen LogP contribution is -2.33. The normalized spacial score (nSPS) is 15.8. The highest BCUT2D eigenvalue weighted by molar-refractivity contribution is 7.90. The van der Waals surface area contributed by atoms with E-state index in [1.54, 1.807) is 55.6 Å². The average molecular weight is 375 g/mol. The molecule has 0 aromatic heterocycles. The van der Waals surface area contributed by atoms with E-state index in [0.717, 1.165) is 12.8 Å². The van der Waals surface area contributed by atoms with Crippen LogP contribution in [-0.4, -0.2) is 43.8 Å². The molecule has 1 saturated heterocycles. The van der Waals surface area contributed by atoms with Gasteiger partial charge >= 0.3 is 10.2 Å². The van der Waals surface area contributed by atoms with E-state index in [4.69, 9.17) is 4.74 Å². The lowest BCUT2D eigenvalue weighted by Gasteiger charge is -2.17. The Kier molecular flexibility index (Phi) is 5.43. The zero-order chi connectivity index (χ0) is 18.6. The molecule has 2 N–H and O–H groups in total. The summed E-state index contributed by atoms with van der Waals surface area (Å²) in [5, 5.41) is 12.9. The fraction of sp³-hybridized carbons (Fsp3) is 0.278. The second-order valence-electron chi connectivity index (χ2n) is 5.97. The minimum Gasteiger partial charge on any atom is -0.497 e. The van der Waals surface area contributed by atoms with Gasteiger partial charge < -0.3 is 9.94 Å². The fourth-order valence-corrected chi connectivity index (χ4v) is 4.20. The maximum absolute atomic E-state index is 12.4. The third kappa shape index (κ3) is 3.97. The average Bonchev–Trinajstić information content (AvgIpc) is 3.19. The van der Waals surface area contributed by atoms with Gasteiger partial charge in [-0.2, -0.15) is 12.7 Å². The number of benzene rings is 2. The van der Waals surface area contributed by atoms with Crippen LogP contribution in [0.1, 0.15) is 24.0 Å². The summed E-state index contributed by atoms with van der Waals surface area (Å²) in [7, 11) is -2.00. The van der Waals surface area contributed by atoms with Gasteiger partial charge in [0.2, 0.25) is 0 Å². The van der Waals surface area contributed by atoms with Gasteiger partial charge in [0.05, 0.1) is 12.8 Å². The Morgan fingerprint density at radius 1 is 1.12 bits per heavy atom. The SMILES string of the molecule is COc1ccc(/C(=N\O)c2cccc(NS(=O)(=O)N3CCCC3)c2)cc1. The molecule has 1 fully saturated rings. The minimum atomic E-state index is -3.57. The number of rotatable bonds is 6. The van der Waals surface area contributed by atoms with E-state index in [-0.39, 0.29) is 0 Å². The van der Waals surface area contributed by atoms with Gasteiger partial charge in [-0.1, -0.05) is 17.3 Å². The van der Waals surface area contributed by atoms with Crippen molar-refractivity contribution in [3.8, 4) is 5.75 Å². The maximum Gasteiger partial charge on any atom is 0.301 e. The van der Waals surface area contributed by atoms with Crippen LogP contribution in [0.4, 0.5) is 5.69 Å². The van der Waals surface area contributed by atoms with Crippen molar-refractivity contribution < 1.29 is 18.4 Å². The molecule has 0 spiro atoms. The summed E-state index contributed by atoms with van der Waals surface area (Å²) >= 11 is 0. The third-order valence-corrected chi connectivity index (χ3v) is 5.79. The van der Waals surface area contributed by atoms with Crippen LogP contribution in [0.2, 0.25) is 0 Å². The van der Waals surface area contributed by atoms with Crippen molar-refractivity contribution >= 4 is 21.6 Å². The lowest BCUT2D eigenvalue weighted by molar-refractivity contribution is 0.319. The molecule has 1 aliphatic rings. The molecule has 2 aromatic rings. The summed E-state index contributed by atoms with van der Waals surface area (Å²) in [6.45, 7) is 1.06. The number of ether oxygens (including phenoxy) is 1. The van der Waals surface area contributed by atoms with Crippen molar-refractivity contribution in [3.05, 3.63) is 59.7 Å². The van der Waals surface area contributed by atoms with E-state index in [1.165, 1.54) is 4.31 Å². The van der Waals surface area contributed by atoms with Crippen LogP contribution in [0, 0.1) is 0 Å². The van der Waals surface area contributed by atoms with Crippen molar-refractivity contribution in [1.82, 2.24) is 4.31 Å². The Balaban J connectivity index is 1.85. The van der Waals surface area contributed by atoms with Gasteiger partial charge in [-0.05, 0) is 49.2 Å². The zero-order valence-electron chi connectivity index (χ0n) is 14.4. The molecule has 8 heteroatoms. The molecule has 1 aliphatic heterocycles. The first kappa shape index (κ1) is 18.2. The molecule has 0 aliphatic carbocycles. The highest BCUT2D eigenvalue weighted by Gasteiger charge is 2.25. The molecule has 1 heterocycles. The Morgan fingerprint density at radius 2 is 1.81 bits per heavy atom. The van der Waals surface area contributed by atoms with Crippen LogP contribution in [0.15, 0.2) is 53.7 Å². The molecular formula is C18H21N3O4S. The molecule has 3 rings (SSSR count). The predicted molar refractivity (Wildman–Crippen MR) is 100 cm³/mol. The van der Waals surface area contributed by atoms with Crippen molar-refractivity contribution in [2.45, 2.75) is 12.8 Å². The maximum atomic E-state index is 12.4. The summed E-state index contributed by atoms with van der Waals surface area (Å²) in [6, 6.07) is 13.9. The van der Waals surface area contributed by atoms with Crippen molar-refractivity contribution in [2.75, 3.05) is 24.9 Å². The molecule has 0 radical (unpaired) electrons.